The van der Waals surface area contributed by atoms with Gasteiger partial charge in [0.25, 0.3) is 0 Å². The summed E-state index contributed by atoms with van der Waals surface area (Å²) in [6.45, 7) is 0.823. The molecule has 1 aromatic heterocycles. The quantitative estimate of drug-likeness (QED) is 0.466. The highest BCUT2D eigenvalue weighted by Crippen LogP contribution is 2.34. The van der Waals surface area contributed by atoms with E-state index in [1.54, 1.807) is 19.2 Å². The second kappa shape index (κ2) is 8.93. The largest absolute Gasteiger partial charge is 0.496 e. The summed E-state index contributed by atoms with van der Waals surface area (Å²) in [7, 11) is 1.63. The van der Waals surface area contributed by atoms with Gasteiger partial charge in [0, 0.05) is 29.5 Å². The molecular weight excluding hydrogens is 379 g/mol. The topological polar surface area (TPSA) is 57.4 Å². The molecule has 3 aromatic carbocycles. The van der Waals surface area contributed by atoms with Gasteiger partial charge in [0.15, 0.2) is 0 Å². The maximum Gasteiger partial charge on any atom is 0.146 e. The van der Waals surface area contributed by atoms with Gasteiger partial charge in [-0.05, 0) is 48.0 Å². The summed E-state index contributed by atoms with van der Waals surface area (Å²) < 4.78 is 24.7. The zero-order valence-corrected chi connectivity index (χ0v) is 16.8. The van der Waals surface area contributed by atoms with Crippen molar-refractivity contribution in [2.24, 2.45) is 5.73 Å². The smallest absolute Gasteiger partial charge is 0.146 e. The van der Waals surface area contributed by atoms with Crippen molar-refractivity contribution >= 4 is 10.9 Å². The first kappa shape index (κ1) is 19.9. The van der Waals surface area contributed by atoms with E-state index in [2.05, 4.69) is 0 Å². The molecule has 0 aliphatic carbocycles. The summed E-state index contributed by atoms with van der Waals surface area (Å²) in [6, 6.07) is 22.3. The fourth-order valence-electron chi connectivity index (χ4n) is 3.43. The van der Waals surface area contributed by atoms with E-state index in [0.29, 0.717) is 25.3 Å². The lowest BCUT2D eigenvalue weighted by Gasteiger charge is -2.14. The average molecular weight is 402 g/mol. The third kappa shape index (κ3) is 4.26. The predicted octanol–water partition coefficient (Wildman–Crippen LogP) is 5.13. The Hall–Kier alpha value is -3.44. The van der Waals surface area contributed by atoms with Crippen LogP contribution in [0, 0.1) is 5.82 Å². The number of nitrogens with zero attached hydrogens (tertiary/aromatic N) is 1. The number of para-hydroxylation sites is 1. The van der Waals surface area contributed by atoms with Crippen molar-refractivity contribution in [2.45, 2.75) is 13.0 Å². The van der Waals surface area contributed by atoms with Crippen molar-refractivity contribution < 1.29 is 13.9 Å². The van der Waals surface area contributed by atoms with Crippen LogP contribution in [0.5, 0.6) is 11.5 Å². The van der Waals surface area contributed by atoms with Crippen LogP contribution in [0.1, 0.15) is 11.1 Å². The Labute approximate surface area is 175 Å². The summed E-state index contributed by atoms with van der Waals surface area (Å²) in [6.07, 6.45) is 0.670. The Kier molecular flexibility index (Phi) is 5.91. The van der Waals surface area contributed by atoms with Gasteiger partial charge in [-0.25, -0.2) is 9.37 Å². The maximum absolute atomic E-state index is 13.1. The van der Waals surface area contributed by atoms with Gasteiger partial charge in [0.1, 0.15) is 23.0 Å². The standard InChI is InChI=1S/C25H23FN2O2/c1-29-23-11-8-19(14-20(23)16-27)25-24(15-18-4-2-3-5-22(18)28-25)30-13-12-17-6-9-21(26)10-7-17/h2-11,14-15H,12-13,16,27H2,1H3. The number of hydrogen-bond donors (Lipinski definition) is 1. The maximum atomic E-state index is 13.1. The molecule has 4 rings (SSSR count). The number of benzene rings is 3. The average Bonchev–Trinajstić information content (AvgIpc) is 2.79. The van der Waals surface area contributed by atoms with Crippen molar-refractivity contribution in [2.75, 3.05) is 13.7 Å². The van der Waals surface area contributed by atoms with E-state index >= 15 is 0 Å². The van der Waals surface area contributed by atoms with E-state index in [0.717, 1.165) is 39.0 Å². The lowest BCUT2D eigenvalue weighted by Crippen LogP contribution is -2.04. The van der Waals surface area contributed by atoms with Crippen LogP contribution in [-0.4, -0.2) is 18.7 Å². The second-order valence-corrected chi connectivity index (χ2v) is 6.98. The highest BCUT2D eigenvalue weighted by molar-refractivity contribution is 5.85. The van der Waals surface area contributed by atoms with Crippen molar-refractivity contribution in [1.82, 2.24) is 4.98 Å². The minimum absolute atomic E-state index is 0.240. The zero-order valence-electron chi connectivity index (χ0n) is 16.8. The molecule has 0 bridgehead atoms. The number of rotatable bonds is 7. The van der Waals surface area contributed by atoms with Gasteiger partial charge in [-0.3, -0.25) is 0 Å². The summed E-state index contributed by atoms with van der Waals surface area (Å²) in [4.78, 5) is 4.86. The highest BCUT2D eigenvalue weighted by Gasteiger charge is 2.13. The van der Waals surface area contributed by atoms with Gasteiger partial charge in [0.2, 0.25) is 0 Å². The molecule has 0 amide bonds. The molecule has 0 unspecified atom stereocenters. The van der Waals surface area contributed by atoms with E-state index in [-0.39, 0.29) is 5.82 Å². The van der Waals surface area contributed by atoms with Gasteiger partial charge in [0.05, 0.1) is 19.2 Å². The molecular formula is C25H23FN2O2. The fraction of sp³-hybridized carbons (Fsp3) is 0.160. The highest BCUT2D eigenvalue weighted by atomic mass is 19.1. The van der Waals surface area contributed by atoms with Crippen molar-refractivity contribution in [3.8, 4) is 22.8 Å². The molecule has 0 aliphatic rings. The number of pyridine rings is 1. The number of fused-ring (bicyclic) bond motifs is 1. The molecule has 0 saturated carbocycles. The lowest BCUT2D eigenvalue weighted by molar-refractivity contribution is 0.322. The minimum atomic E-state index is -0.240. The van der Waals surface area contributed by atoms with Crippen LogP contribution in [-0.2, 0) is 13.0 Å². The van der Waals surface area contributed by atoms with Crippen LogP contribution in [0.4, 0.5) is 4.39 Å². The second-order valence-electron chi connectivity index (χ2n) is 6.98. The molecule has 0 radical (unpaired) electrons. The normalized spacial score (nSPS) is 10.9. The monoisotopic (exact) mass is 402 g/mol. The van der Waals surface area contributed by atoms with E-state index < -0.39 is 0 Å². The number of hydrogen-bond acceptors (Lipinski definition) is 4. The number of aromatic nitrogens is 1. The Morgan fingerprint density at radius 3 is 2.50 bits per heavy atom. The number of nitrogens with two attached hydrogens (primary N) is 1. The molecule has 0 aliphatic heterocycles. The van der Waals surface area contributed by atoms with Gasteiger partial charge < -0.3 is 15.2 Å². The third-order valence-corrected chi connectivity index (χ3v) is 5.02. The minimum Gasteiger partial charge on any atom is -0.496 e. The summed E-state index contributed by atoms with van der Waals surface area (Å²) in [5.74, 6) is 1.21. The van der Waals surface area contributed by atoms with Crippen molar-refractivity contribution in [3.63, 3.8) is 0 Å². The number of methoxy groups -OCH3 is 1. The van der Waals surface area contributed by atoms with Crippen LogP contribution in [0.25, 0.3) is 22.2 Å². The first-order valence-electron chi connectivity index (χ1n) is 9.82. The molecule has 30 heavy (non-hydrogen) atoms. The molecule has 4 nitrogen and oxygen atoms in total. The summed E-state index contributed by atoms with van der Waals surface area (Å²) in [5, 5.41) is 1.01. The Morgan fingerprint density at radius 1 is 0.933 bits per heavy atom. The van der Waals surface area contributed by atoms with E-state index in [1.807, 2.05) is 48.5 Å². The lowest BCUT2D eigenvalue weighted by atomic mass is 10.0. The van der Waals surface area contributed by atoms with E-state index in [9.17, 15) is 4.39 Å². The Morgan fingerprint density at radius 2 is 1.73 bits per heavy atom. The Bertz CT molecular complexity index is 1160. The summed E-state index contributed by atoms with van der Waals surface area (Å²) in [5.41, 5.74) is 10.4. The molecule has 152 valence electrons. The van der Waals surface area contributed by atoms with Gasteiger partial charge in [-0.15, -0.1) is 0 Å². The number of halogens is 1. The van der Waals surface area contributed by atoms with Crippen LogP contribution in [0.3, 0.4) is 0 Å². The Balaban J connectivity index is 1.68. The molecule has 0 atom stereocenters. The van der Waals surface area contributed by atoms with E-state index in [4.69, 9.17) is 20.2 Å². The third-order valence-electron chi connectivity index (χ3n) is 5.02. The first-order chi connectivity index (χ1) is 14.7. The van der Waals surface area contributed by atoms with Crippen molar-refractivity contribution in [1.29, 1.82) is 0 Å². The summed E-state index contributed by atoms with van der Waals surface area (Å²) >= 11 is 0. The predicted molar refractivity (Wildman–Crippen MR) is 117 cm³/mol. The van der Waals surface area contributed by atoms with E-state index in [1.165, 1.54) is 12.1 Å². The van der Waals surface area contributed by atoms with Gasteiger partial charge >= 0.3 is 0 Å². The number of ether oxygens (including phenoxy) is 2. The first-order valence-corrected chi connectivity index (χ1v) is 9.82. The van der Waals surface area contributed by atoms with Gasteiger partial charge in [-0.2, -0.15) is 0 Å². The van der Waals surface area contributed by atoms with Crippen LogP contribution >= 0.6 is 0 Å². The SMILES string of the molecule is COc1ccc(-c2nc3ccccc3cc2OCCc2ccc(F)cc2)cc1CN. The molecule has 4 aromatic rings. The molecule has 0 fully saturated rings. The molecule has 0 saturated heterocycles. The van der Waals surface area contributed by atoms with Crippen LogP contribution in [0.15, 0.2) is 72.8 Å². The fourth-order valence-corrected chi connectivity index (χ4v) is 3.43. The zero-order chi connectivity index (χ0) is 20.9. The van der Waals surface area contributed by atoms with Crippen LogP contribution < -0.4 is 15.2 Å². The molecule has 1 heterocycles. The molecule has 2 N–H and O–H groups in total. The van der Waals surface area contributed by atoms with Crippen LogP contribution in [0.2, 0.25) is 0 Å². The molecule has 5 heteroatoms. The molecule has 0 spiro atoms. The van der Waals surface area contributed by atoms with Gasteiger partial charge in [-0.1, -0.05) is 30.3 Å². The van der Waals surface area contributed by atoms with Crippen molar-refractivity contribution in [3.05, 3.63) is 89.7 Å².